The number of nitrogens with zero attached hydrogens (tertiary/aromatic N) is 2. The zero-order valence-corrected chi connectivity index (χ0v) is 9.90. The van der Waals surface area contributed by atoms with E-state index in [1.54, 1.807) is 0 Å². The van der Waals surface area contributed by atoms with Crippen molar-refractivity contribution in [2.75, 3.05) is 6.54 Å². The van der Waals surface area contributed by atoms with E-state index in [0.29, 0.717) is 17.5 Å². The standard InChI is InChI=1S/C14H15N3/c1-9-12(7-15)5-13(8-17-9)11-4-10-2-3-16-14(10)6-11/h4-5,8,10,14,16H,2-3,6H2,1H3/t10-,14+/m1/s1. The summed E-state index contributed by atoms with van der Waals surface area (Å²) in [6.45, 7) is 3.01. The fraction of sp³-hybridized carbons (Fsp3) is 0.429. The molecule has 1 aromatic heterocycles. The SMILES string of the molecule is Cc1ncc(C2=C[C@H]3CCN[C@H]3C2)cc1C#N. The van der Waals surface area contributed by atoms with Gasteiger partial charge in [0.05, 0.1) is 11.3 Å². The highest BCUT2D eigenvalue weighted by Gasteiger charge is 2.31. The van der Waals surface area contributed by atoms with Gasteiger partial charge in [-0.2, -0.15) is 5.26 Å². The Kier molecular flexibility index (Phi) is 2.45. The van der Waals surface area contributed by atoms with E-state index in [1.165, 1.54) is 12.0 Å². The van der Waals surface area contributed by atoms with Crippen molar-refractivity contribution in [3.63, 3.8) is 0 Å². The molecule has 1 aliphatic carbocycles. The highest BCUT2D eigenvalue weighted by atomic mass is 15.0. The molecule has 3 heteroatoms. The minimum Gasteiger partial charge on any atom is -0.313 e. The number of fused-ring (bicyclic) bond motifs is 1. The monoisotopic (exact) mass is 225 g/mol. The van der Waals surface area contributed by atoms with E-state index < -0.39 is 0 Å². The zero-order valence-electron chi connectivity index (χ0n) is 9.90. The van der Waals surface area contributed by atoms with Gasteiger partial charge in [0, 0.05) is 12.2 Å². The molecule has 0 spiro atoms. The van der Waals surface area contributed by atoms with Gasteiger partial charge in [0.25, 0.3) is 0 Å². The van der Waals surface area contributed by atoms with Crippen LogP contribution >= 0.6 is 0 Å². The second kappa shape index (κ2) is 3.97. The van der Waals surface area contributed by atoms with Crippen molar-refractivity contribution in [1.82, 2.24) is 10.3 Å². The summed E-state index contributed by atoms with van der Waals surface area (Å²) >= 11 is 0. The number of hydrogen-bond acceptors (Lipinski definition) is 3. The largest absolute Gasteiger partial charge is 0.313 e. The number of pyridine rings is 1. The molecule has 3 nitrogen and oxygen atoms in total. The Labute approximate surface area is 101 Å². The maximum absolute atomic E-state index is 9.03. The lowest BCUT2D eigenvalue weighted by atomic mass is 10.0. The molecule has 0 amide bonds. The molecule has 0 bridgehead atoms. The summed E-state index contributed by atoms with van der Waals surface area (Å²) < 4.78 is 0. The van der Waals surface area contributed by atoms with Crippen LogP contribution in [0, 0.1) is 24.2 Å². The second-order valence-corrected chi connectivity index (χ2v) is 4.88. The van der Waals surface area contributed by atoms with E-state index in [9.17, 15) is 0 Å². The van der Waals surface area contributed by atoms with Gasteiger partial charge in [-0.15, -0.1) is 0 Å². The average Bonchev–Trinajstić information content (AvgIpc) is 2.90. The molecule has 2 heterocycles. The van der Waals surface area contributed by atoms with Crippen LogP contribution in [0.2, 0.25) is 0 Å². The van der Waals surface area contributed by atoms with Crippen LogP contribution in [0.5, 0.6) is 0 Å². The first-order chi connectivity index (χ1) is 8.28. The maximum Gasteiger partial charge on any atom is 0.101 e. The lowest BCUT2D eigenvalue weighted by molar-refractivity contribution is 0.563. The Morgan fingerprint density at radius 1 is 1.53 bits per heavy atom. The van der Waals surface area contributed by atoms with E-state index in [2.05, 4.69) is 22.4 Å². The molecule has 3 rings (SSSR count). The van der Waals surface area contributed by atoms with Gasteiger partial charge < -0.3 is 5.32 Å². The van der Waals surface area contributed by atoms with Crippen LogP contribution < -0.4 is 5.32 Å². The molecule has 1 aliphatic heterocycles. The molecule has 0 aromatic carbocycles. The van der Waals surface area contributed by atoms with Crippen LogP contribution in [0.3, 0.4) is 0 Å². The Morgan fingerprint density at radius 2 is 2.41 bits per heavy atom. The lowest BCUT2D eigenvalue weighted by Crippen LogP contribution is -2.22. The lowest BCUT2D eigenvalue weighted by Gasteiger charge is -2.08. The summed E-state index contributed by atoms with van der Waals surface area (Å²) in [5.74, 6) is 0.678. The molecular formula is C14H15N3. The molecule has 2 aliphatic rings. The fourth-order valence-corrected chi connectivity index (χ4v) is 2.81. The number of rotatable bonds is 1. The van der Waals surface area contributed by atoms with Gasteiger partial charge in [-0.25, -0.2) is 0 Å². The third kappa shape index (κ3) is 1.75. The fourth-order valence-electron chi connectivity index (χ4n) is 2.81. The normalized spacial score (nSPS) is 26.5. The topological polar surface area (TPSA) is 48.7 Å². The summed E-state index contributed by atoms with van der Waals surface area (Å²) in [5, 5.41) is 12.5. The van der Waals surface area contributed by atoms with E-state index in [4.69, 9.17) is 5.26 Å². The van der Waals surface area contributed by atoms with Gasteiger partial charge in [-0.3, -0.25) is 4.98 Å². The predicted octanol–water partition coefficient (Wildman–Crippen LogP) is 2.03. The van der Waals surface area contributed by atoms with Gasteiger partial charge in [0.1, 0.15) is 6.07 Å². The maximum atomic E-state index is 9.03. The van der Waals surface area contributed by atoms with Gasteiger partial charge >= 0.3 is 0 Å². The van der Waals surface area contributed by atoms with E-state index in [1.807, 2.05) is 19.2 Å². The molecule has 1 N–H and O–H groups in total. The number of hydrogen-bond donors (Lipinski definition) is 1. The van der Waals surface area contributed by atoms with Gasteiger partial charge in [0.15, 0.2) is 0 Å². The minimum absolute atomic E-state index is 0.608. The Bertz CT molecular complexity index is 525. The quantitative estimate of drug-likeness (QED) is 0.795. The van der Waals surface area contributed by atoms with Gasteiger partial charge in [0.2, 0.25) is 0 Å². The van der Waals surface area contributed by atoms with Gasteiger partial charge in [-0.1, -0.05) is 6.08 Å². The van der Waals surface area contributed by atoms with E-state index >= 15 is 0 Å². The summed E-state index contributed by atoms with van der Waals surface area (Å²) in [5.41, 5.74) is 3.96. The van der Waals surface area contributed by atoms with Crippen molar-refractivity contribution in [2.24, 2.45) is 5.92 Å². The molecular weight excluding hydrogens is 210 g/mol. The van der Waals surface area contributed by atoms with Gasteiger partial charge in [-0.05, 0) is 49.4 Å². The molecule has 1 aromatic rings. The third-order valence-corrected chi connectivity index (χ3v) is 3.83. The smallest absolute Gasteiger partial charge is 0.101 e. The number of aromatic nitrogens is 1. The zero-order chi connectivity index (χ0) is 11.8. The van der Waals surface area contributed by atoms with E-state index in [-0.39, 0.29) is 0 Å². The molecule has 1 fully saturated rings. The van der Waals surface area contributed by atoms with Crippen LogP contribution in [0.15, 0.2) is 18.3 Å². The van der Waals surface area contributed by atoms with Crippen LogP contribution in [0.4, 0.5) is 0 Å². The summed E-state index contributed by atoms with van der Waals surface area (Å²) in [6.07, 6.45) is 6.56. The molecule has 1 saturated heterocycles. The Hall–Kier alpha value is -1.66. The molecule has 0 radical (unpaired) electrons. The number of nitriles is 1. The van der Waals surface area contributed by atoms with Crippen molar-refractivity contribution in [2.45, 2.75) is 25.8 Å². The number of nitrogens with one attached hydrogen (secondary N) is 1. The van der Waals surface area contributed by atoms with Crippen molar-refractivity contribution in [3.8, 4) is 6.07 Å². The first kappa shape index (κ1) is 10.5. The summed E-state index contributed by atoms with van der Waals surface area (Å²) in [4.78, 5) is 4.30. The number of aryl methyl sites for hydroxylation is 1. The van der Waals surface area contributed by atoms with Crippen molar-refractivity contribution in [3.05, 3.63) is 35.2 Å². The van der Waals surface area contributed by atoms with Crippen molar-refractivity contribution in [1.29, 1.82) is 5.26 Å². The minimum atomic E-state index is 0.608. The first-order valence-corrected chi connectivity index (χ1v) is 6.09. The summed E-state index contributed by atoms with van der Waals surface area (Å²) in [7, 11) is 0. The predicted molar refractivity (Wildman–Crippen MR) is 66.2 cm³/mol. The van der Waals surface area contributed by atoms with Crippen LogP contribution in [-0.2, 0) is 0 Å². The highest BCUT2D eigenvalue weighted by molar-refractivity contribution is 5.69. The van der Waals surface area contributed by atoms with Crippen molar-refractivity contribution < 1.29 is 0 Å². The van der Waals surface area contributed by atoms with Crippen molar-refractivity contribution >= 4 is 5.57 Å². The Morgan fingerprint density at radius 3 is 3.18 bits per heavy atom. The summed E-state index contributed by atoms with van der Waals surface area (Å²) in [6, 6.07) is 4.78. The second-order valence-electron chi connectivity index (χ2n) is 4.88. The average molecular weight is 225 g/mol. The molecule has 2 atom stereocenters. The highest BCUT2D eigenvalue weighted by Crippen LogP contribution is 2.36. The van der Waals surface area contributed by atoms with Crippen LogP contribution in [0.25, 0.3) is 5.57 Å². The molecule has 0 unspecified atom stereocenters. The third-order valence-electron chi connectivity index (χ3n) is 3.83. The van der Waals surface area contributed by atoms with Crippen LogP contribution in [-0.4, -0.2) is 17.6 Å². The molecule has 17 heavy (non-hydrogen) atoms. The van der Waals surface area contributed by atoms with Crippen LogP contribution in [0.1, 0.15) is 29.7 Å². The Balaban J connectivity index is 1.93. The molecule has 86 valence electrons. The first-order valence-electron chi connectivity index (χ1n) is 6.09. The van der Waals surface area contributed by atoms with E-state index in [0.717, 1.165) is 24.2 Å². The molecule has 0 saturated carbocycles.